The maximum Gasteiger partial charge on any atom is 0.236 e. The lowest BCUT2D eigenvalue weighted by Gasteiger charge is -2.10. The normalized spacial score (nSPS) is 12.0. The molecule has 10 nitrogen and oxygen atoms in total. The molecule has 1 amide bonds. The highest BCUT2D eigenvalue weighted by atomic mass is 16.5. The van der Waals surface area contributed by atoms with Crippen molar-refractivity contribution in [2.24, 2.45) is 0 Å². The van der Waals surface area contributed by atoms with Crippen LogP contribution >= 0.6 is 0 Å². The summed E-state index contributed by atoms with van der Waals surface area (Å²) >= 11 is 0. The van der Waals surface area contributed by atoms with E-state index in [0.29, 0.717) is 24.7 Å². The van der Waals surface area contributed by atoms with Gasteiger partial charge in [-0.3, -0.25) is 4.79 Å². The van der Waals surface area contributed by atoms with Crippen LogP contribution in [-0.2, 0) is 4.79 Å². The van der Waals surface area contributed by atoms with E-state index in [0.717, 1.165) is 29.6 Å². The second-order valence-electron chi connectivity index (χ2n) is 6.62. The molecule has 0 radical (unpaired) electrons. The Balaban J connectivity index is 1.61. The first-order valence-corrected chi connectivity index (χ1v) is 9.37. The van der Waals surface area contributed by atoms with Crippen molar-refractivity contribution in [1.29, 1.82) is 0 Å². The number of hydrogen-bond acceptors (Lipinski definition) is 8. The molecule has 0 saturated carbocycles. The number of anilines is 2. The highest BCUT2D eigenvalue weighted by Crippen LogP contribution is 2.26. The van der Waals surface area contributed by atoms with E-state index in [4.69, 9.17) is 4.74 Å². The van der Waals surface area contributed by atoms with E-state index < -0.39 is 0 Å². The van der Waals surface area contributed by atoms with Crippen LogP contribution in [0.4, 0.5) is 11.5 Å². The first-order valence-electron chi connectivity index (χ1n) is 9.37. The second kappa shape index (κ2) is 9.80. The van der Waals surface area contributed by atoms with Gasteiger partial charge in [0.1, 0.15) is 17.9 Å². The number of benzene rings is 1. The van der Waals surface area contributed by atoms with Gasteiger partial charge in [-0.1, -0.05) is 0 Å². The summed E-state index contributed by atoms with van der Waals surface area (Å²) in [5.74, 6) is 1.15. The van der Waals surface area contributed by atoms with Crippen molar-refractivity contribution >= 4 is 28.3 Å². The van der Waals surface area contributed by atoms with Gasteiger partial charge in [0.15, 0.2) is 0 Å². The van der Waals surface area contributed by atoms with E-state index in [2.05, 4.69) is 31.1 Å². The zero-order valence-electron chi connectivity index (χ0n) is 16.4. The minimum Gasteiger partial charge on any atom is -0.493 e. The van der Waals surface area contributed by atoms with Gasteiger partial charge in [0, 0.05) is 24.9 Å². The van der Waals surface area contributed by atoms with Gasteiger partial charge in [0.05, 0.1) is 36.3 Å². The Morgan fingerprint density at radius 3 is 3.00 bits per heavy atom. The number of aliphatic hydroxyl groups excluding tert-OH is 1. The summed E-state index contributed by atoms with van der Waals surface area (Å²) in [6.07, 6.45) is 5.20. The number of aliphatic hydroxyl groups is 1. The van der Waals surface area contributed by atoms with E-state index in [1.54, 1.807) is 19.3 Å². The summed E-state index contributed by atoms with van der Waals surface area (Å²) in [5, 5.41) is 20.4. The Hall–Kier alpha value is -3.24. The Bertz CT molecular complexity index is 958. The fraction of sp³-hybridized carbons (Fsp3) is 0.368. The molecule has 0 aliphatic carbocycles. The lowest BCUT2D eigenvalue weighted by molar-refractivity contribution is -0.115. The maximum atomic E-state index is 11.1. The predicted octanol–water partition coefficient (Wildman–Crippen LogP) is 1.40. The highest BCUT2D eigenvalue weighted by molar-refractivity contribution is 5.91. The molecule has 0 fully saturated rings. The van der Waals surface area contributed by atoms with Crippen LogP contribution in [0.5, 0.6) is 5.75 Å². The molecular formula is C19H25N7O3. The monoisotopic (exact) mass is 399 g/mol. The largest absolute Gasteiger partial charge is 0.493 e. The van der Waals surface area contributed by atoms with Gasteiger partial charge in [-0.05, 0) is 32.0 Å². The molecule has 2 aromatic heterocycles. The van der Waals surface area contributed by atoms with Gasteiger partial charge in [0.25, 0.3) is 0 Å². The highest BCUT2D eigenvalue weighted by Gasteiger charge is 2.08. The summed E-state index contributed by atoms with van der Waals surface area (Å²) in [4.78, 5) is 21.0. The molecule has 0 aliphatic rings. The van der Waals surface area contributed by atoms with E-state index in [9.17, 15) is 9.90 Å². The SMILES string of the molecule is CC(=O)Nn1cc(Nc2ncnc3cc(OCCCNC[C@@H](C)O)ccc23)cn1. The molecule has 0 bridgehead atoms. The van der Waals surface area contributed by atoms with Crippen LogP contribution in [0.3, 0.4) is 0 Å². The van der Waals surface area contributed by atoms with Crippen molar-refractivity contribution in [2.75, 3.05) is 30.4 Å². The maximum absolute atomic E-state index is 11.1. The van der Waals surface area contributed by atoms with Crippen LogP contribution in [0.25, 0.3) is 10.9 Å². The van der Waals surface area contributed by atoms with Crippen molar-refractivity contribution in [3.8, 4) is 5.75 Å². The summed E-state index contributed by atoms with van der Waals surface area (Å²) in [6, 6.07) is 5.64. The summed E-state index contributed by atoms with van der Waals surface area (Å²) in [5.41, 5.74) is 3.99. The number of hydrogen-bond donors (Lipinski definition) is 4. The van der Waals surface area contributed by atoms with Crippen LogP contribution in [0.15, 0.2) is 36.9 Å². The third-order valence-electron chi connectivity index (χ3n) is 3.93. The Morgan fingerprint density at radius 1 is 1.34 bits per heavy atom. The number of nitrogens with one attached hydrogen (secondary N) is 3. The van der Waals surface area contributed by atoms with Crippen LogP contribution in [0.2, 0.25) is 0 Å². The summed E-state index contributed by atoms with van der Waals surface area (Å²) in [7, 11) is 0. The number of amides is 1. The topological polar surface area (TPSA) is 126 Å². The molecule has 1 aromatic carbocycles. The van der Waals surface area contributed by atoms with Crippen LogP contribution in [-0.4, -0.2) is 56.7 Å². The molecule has 1 atom stereocenters. The van der Waals surface area contributed by atoms with Crippen LogP contribution in [0, 0.1) is 0 Å². The Labute approximate surface area is 168 Å². The number of ether oxygens (including phenoxy) is 1. The van der Waals surface area contributed by atoms with Crippen molar-refractivity contribution in [3.63, 3.8) is 0 Å². The summed E-state index contributed by atoms with van der Waals surface area (Å²) in [6.45, 7) is 5.08. The number of carbonyl (C=O) groups excluding carboxylic acids is 1. The van der Waals surface area contributed by atoms with Crippen LogP contribution < -0.4 is 20.8 Å². The molecule has 0 spiro atoms. The fourth-order valence-electron chi connectivity index (χ4n) is 2.67. The lowest BCUT2D eigenvalue weighted by Crippen LogP contribution is -2.26. The molecule has 0 unspecified atom stereocenters. The third-order valence-corrected chi connectivity index (χ3v) is 3.93. The molecule has 4 N–H and O–H groups in total. The lowest BCUT2D eigenvalue weighted by atomic mass is 10.2. The number of carbonyl (C=O) groups is 1. The van der Waals surface area contributed by atoms with E-state index >= 15 is 0 Å². The van der Waals surface area contributed by atoms with Gasteiger partial charge < -0.3 is 20.5 Å². The number of rotatable bonds is 10. The van der Waals surface area contributed by atoms with Crippen molar-refractivity contribution in [3.05, 3.63) is 36.9 Å². The van der Waals surface area contributed by atoms with Gasteiger partial charge in [-0.15, -0.1) is 0 Å². The van der Waals surface area contributed by atoms with Gasteiger partial charge in [-0.2, -0.15) is 9.89 Å². The Morgan fingerprint density at radius 2 is 2.21 bits per heavy atom. The first-order chi connectivity index (χ1) is 14.0. The second-order valence-corrected chi connectivity index (χ2v) is 6.62. The smallest absolute Gasteiger partial charge is 0.236 e. The standard InChI is InChI=1S/C19H25N7O3/c1-13(27)9-20-6-3-7-29-16-4-5-17-18(8-16)21-12-22-19(17)24-15-10-23-26(11-15)25-14(2)28/h4-5,8,10-13,20,27H,3,6-7,9H2,1-2H3,(H,25,28)(H,21,22,24)/t13-/m1/s1. The van der Waals surface area contributed by atoms with Gasteiger partial charge in [0.2, 0.25) is 5.91 Å². The molecule has 3 aromatic rings. The molecule has 29 heavy (non-hydrogen) atoms. The third kappa shape index (κ3) is 6.13. The quantitative estimate of drug-likeness (QED) is 0.377. The number of nitrogens with zero attached hydrogens (tertiary/aromatic N) is 4. The summed E-state index contributed by atoms with van der Waals surface area (Å²) < 4.78 is 5.78. The van der Waals surface area contributed by atoms with Crippen LogP contribution in [0.1, 0.15) is 20.3 Å². The van der Waals surface area contributed by atoms with Crippen molar-refractivity contribution < 1.29 is 14.6 Å². The van der Waals surface area contributed by atoms with Crippen molar-refractivity contribution in [1.82, 2.24) is 25.2 Å². The molecule has 0 aliphatic heterocycles. The first kappa shape index (κ1) is 20.5. The molecule has 154 valence electrons. The number of aromatic nitrogens is 4. The predicted molar refractivity (Wildman–Crippen MR) is 110 cm³/mol. The molecule has 10 heteroatoms. The molecule has 3 rings (SSSR count). The molecule has 2 heterocycles. The zero-order chi connectivity index (χ0) is 20.6. The van der Waals surface area contributed by atoms with E-state index in [-0.39, 0.29) is 12.0 Å². The average Bonchev–Trinajstić information content (AvgIpc) is 3.10. The minimum atomic E-state index is -0.348. The molecular weight excluding hydrogens is 374 g/mol. The number of fused-ring (bicyclic) bond motifs is 1. The van der Waals surface area contributed by atoms with E-state index in [1.165, 1.54) is 18.0 Å². The average molecular weight is 399 g/mol. The zero-order valence-corrected chi connectivity index (χ0v) is 16.4. The molecule has 0 saturated heterocycles. The fourth-order valence-corrected chi connectivity index (χ4v) is 2.67. The minimum absolute atomic E-state index is 0.210. The van der Waals surface area contributed by atoms with Crippen molar-refractivity contribution in [2.45, 2.75) is 26.4 Å². The van der Waals surface area contributed by atoms with Gasteiger partial charge in [-0.25, -0.2) is 15.4 Å². The van der Waals surface area contributed by atoms with E-state index in [1.807, 2.05) is 18.2 Å². The van der Waals surface area contributed by atoms with Gasteiger partial charge >= 0.3 is 0 Å². The Kier molecular flexibility index (Phi) is 6.93.